The van der Waals surface area contributed by atoms with Crippen molar-refractivity contribution in [3.05, 3.63) is 70.8 Å². The van der Waals surface area contributed by atoms with E-state index >= 15 is 0 Å². The lowest BCUT2D eigenvalue weighted by Crippen LogP contribution is -2.64. The maximum absolute atomic E-state index is 14.6. The maximum atomic E-state index is 14.6. The third-order valence-electron chi connectivity index (χ3n) is 13.2. The summed E-state index contributed by atoms with van der Waals surface area (Å²) >= 11 is 1.40. The largest absolute Gasteiger partial charge is 0.464 e. The van der Waals surface area contributed by atoms with Gasteiger partial charge in [0.1, 0.15) is 18.1 Å². The van der Waals surface area contributed by atoms with Gasteiger partial charge in [0.25, 0.3) is 5.91 Å². The molecule has 2 saturated heterocycles. The summed E-state index contributed by atoms with van der Waals surface area (Å²) in [5.41, 5.74) is 9.25. The second kappa shape index (κ2) is 20.1. The number of aryl methyl sites for hydroxylation is 1. The average Bonchev–Trinajstić information content (AvgIpc) is 3.89. The van der Waals surface area contributed by atoms with Crippen LogP contribution in [0.1, 0.15) is 83.2 Å². The van der Waals surface area contributed by atoms with Crippen LogP contribution < -0.4 is 10.7 Å². The first kappa shape index (κ1) is 48.3. The Labute approximate surface area is 391 Å². The zero-order valence-corrected chi connectivity index (χ0v) is 40.6. The third-order valence-corrected chi connectivity index (χ3v) is 14.1. The smallest absolute Gasteiger partial charge is 0.324 e. The molecule has 2 fully saturated rings. The van der Waals surface area contributed by atoms with Gasteiger partial charge in [-0.15, -0.1) is 11.3 Å². The van der Waals surface area contributed by atoms with Crippen LogP contribution >= 0.6 is 11.3 Å². The number of carbonyl (C=O) groups excluding carboxylic acids is 5. The lowest BCUT2D eigenvalue weighted by atomic mass is 9.84. The van der Waals surface area contributed by atoms with Crippen molar-refractivity contribution in [3.8, 4) is 22.5 Å². The molecule has 5 atom stereocenters. The van der Waals surface area contributed by atoms with E-state index in [0.29, 0.717) is 50.4 Å². The van der Waals surface area contributed by atoms with Gasteiger partial charge < -0.3 is 34.1 Å². The number of thiazole rings is 1. The number of hydrazine groups is 1. The Bertz CT molecular complexity index is 2480. The van der Waals surface area contributed by atoms with E-state index in [1.165, 1.54) is 32.2 Å². The lowest BCUT2D eigenvalue weighted by Gasteiger charge is -2.45. The zero-order chi connectivity index (χ0) is 47.6. The normalized spacial score (nSPS) is 20.8. The van der Waals surface area contributed by atoms with Gasteiger partial charge in [0.2, 0.25) is 11.8 Å². The van der Waals surface area contributed by atoms with Gasteiger partial charge in [0.05, 0.1) is 40.8 Å². The van der Waals surface area contributed by atoms with E-state index in [2.05, 4.69) is 66.9 Å². The number of amides is 5. The Morgan fingerprint density at radius 1 is 1.14 bits per heavy atom. The van der Waals surface area contributed by atoms with Gasteiger partial charge in [-0.05, 0) is 81.4 Å². The number of carbonyl (C=O) groups is 5. The number of hydrogen-bond acceptors (Lipinski definition) is 11. The molecule has 6 bridgehead atoms. The Kier molecular flexibility index (Phi) is 14.7. The van der Waals surface area contributed by atoms with E-state index in [1.54, 1.807) is 32.3 Å². The number of likely N-dealkylation sites (tertiary alicyclic amines) is 1. The molecule has 0 saturated carbocycles. The molecule has 17 heteroatoms. The minimum Gasteiger partial charge on any atom is -0.464 e. The second-order valence-electron chi connectivity index (χ2n) is 18.9. The molecule has 0 radical (unpaired) electrons. The summed E-state index contributed by atoms with van der Waals surface area (Å²) in [5.74, 6) is -1.94. The molecule has 354 valence electrons. The van der Waals surface area contributed by atoms with Gasteiger partial charge in [-0.1, -0.05) is 40.3 Å². The summed E-state index contributed by atoms with van der Waals surface area (Å²) in [7, 11) is 4.95. The molecule has 16 nitrogen and oxygen atoms in total. The molecule has 66 heavy (non-hydrogen) atoms. The van der Waals surface area contributed by atoms with Crippen LogP contribution in [0.4, 0.5) is 4.79 Å². The van der Waals surface area contributed by atoms with Crippen LogP contribution in [0.3, 0.4) is 0 Å². The number of pyridine rings is 1. The summed E-state index contributed by atoms with van der Waals surface area (Å²) in [5, 5.41) is 8.10. The highest BCUT2D eigenvalue weighted by Gasteiger charge is 2.41. The number of nitrogens with one attached hydrogen (secondary N) is 2. The number of likely N-dealkylation sites (N-methyl/N-ethyl adjacent to an activating group) is 2. The van der Waals surface area contributed by atoms with Crippen molar-refractivity contribution in [3.63, 3.8) is 0 Å². The maximum Gasteiger partial charge on any atom is 0.324 e. The quantitative estimate of drug-likeness (QED) is 0.134. The highest BCUT2D eigenvalue weighted by atomic mass is 32.1. The van der Waals surface area contributed by atoms with E-state index < -0.39 is 41.3 Å². The number of ether oxygens (including phenoxy) is 2. The summed E-state index contributed by atoms with van der Waals surface area (Å²) in [6.07, 6.45) is 5.14. The topological polar surface area (TPSA) is 172 Å². The SMILES string of the molecule is C=CC(=O)N(C)C[C@H]1CCN1C(=O)N(C)[C@H](C(=O)N[C@H]1Cc2nc(cs2)-c2ccc3c(c2)c(c(-c2cccnc2[C@H](C)OC)n3CC)CC(C)(C)COC(=O)[C@@H]2CCCN(N2)C1=O)C(C)C. The molecule has 0 aliphatic carbocycles. The van der Waals surface area contributed by atoms with Gasteiger partial charge in [0, 0.05) is 92.8 Å². The number of urea groups is 1. The molecule has 0 unspecified atom stereocenters. The van der Waals surface area contributed by atoms with Crippen LogP contribution in [0.15, 0.2) is 54.6 Å². The van der Waals surface area contributed by atoms with Crippen LogP contribution in [-0.4, -0.2) is 136 Å². The predicted octanol–water partition coefficient (Wildman–Crippen LogP) is 6.00. The van der Waals surface area contributed by atoms with Crippen molar-refractivity contribution in [2.45, 2.75) is 110 Å². The molecule has 0 spiro atoms. The first-order valence-corrected chi connectivity index (χ1v) is 23.9. The van der Waals surface area contributed by atoms with Crippen molar-refractivity contribution >= 4 is 52.0 Å². The Morgan fingerprint density at radius 2 is 1.91 bits per heavy atom. The highest BCUT2D eigenvalue weighted by Crippen LogP contribution is 2.42. The van der Waals surface area contributed by atoms with E-state index in [4.69, 9.17) is 19.4 Å². The molecular weight excluding hydrogens is 859 g/mol. The van der Waals surface area contributed by atoms with Gasteiger partial charge in [-0.3, -0.25) is 29.2 Å². The number of aromatic nitrogens is 3. The molecule has 2 N–H and O–H groups in total. The Balaban J connectivity index is 1.25. The van der Waals surface area contributed by atoms with Gasteiger partial charge in [0.15, 0.2) is 0 Å². The van der Waals surface area contributed by atoms with Crippen molar-refractivity contribution < 1.29 is 33.4 Å². The van der Waals surface area contributed by atoms with Crippen molar-refractivity contribution in [1.29, 1.82) is 0 Å². The van der Waals surface area contributed by atoms with E-state index in [-0.39, 0.29) is 43.0 Å². The van der Waals surface area contributed by atoms with Crippen molar-refractivity contribution in [2.24, 2.45) is 11.3 Å². The standard InChI is InChI=1S/C49H65N9O7S/c1-11-41(59)54(8)26-32-19-22-57(32)48(63)55(9)43(29(3)4)45(60)52-37-24-40-51-38(27-66-40)31-17-18-39-34(23-31)35(44(56(39)12-2)33-15-13-20-50-42(33)30(5)64-10)25-49(6,7)28-65-47(62)36-16-14-21-58(53-36)46(37)61/h11,13,15,17-18,20,23,27,29-30,32,36-37,43,53H,1,12,14,16,19,21-22,24-26,28H2,2-10H3,(H,52,60)/t30-,32+,36-,37-,43-/m0/s1. The molecule has 5 amide bonds. The molecule has 3 aliphatic heterocycles. The third kappa shape index (κ3) is 9.88. The van der Waals surface area contributed by atoms with Crippen LogP contribution in [0, 0.1) is 11.3 Å². The second-order valence-corrected chi connectivity index (χ2v) is 19.9. The van der Waals surface area contributed by atoms with E-state index in [9.17, 15) is 24.0 Å². The predicted molar refractivity (Wildman–Crippen MR) is 254 cm³/mol. The monoisotopic (exact) mass is 923 g/mol. The minimum absolute atomic E-state index is 0.0718. The lowest BCUT2D eigenvalue weighted by molar-refractivity contribution is -0.155. The Hall–Kier alpha value is -5.65. The number of esters is 1. The fraction of sp³-hybridized carbons (Fsp3) is 0.531. The molecule has 4 aromatic rings. The number of cyclic esters (lactones) is 1. The number of methoxy groups -OCH3 is 1. The van der Waals surface area contributed by atoms with Gasteiger partial charge in [-0.2, -0.15) is 0 Å². The summed E-state index contributed by atoms with van der Waals surface area (Å²) in [6.45, 7) is 17.5. The molecule has 3 aliphatic rings. The number of benzene rings is 1. The number of hydrogen-bond donors (Lipinski definition) is 2. The average molecular weight is 924 g/mol. The number of nitrogens with zero attached hydrogens (tertiary/aromatic N) is 7. The van der Waals surface area contributed by atoms with Crippen LogP contribution in [-0.2, 0) is 48.0 Å². The molecule has 1 aromatic carbocycles. The van der Waals surface area contributed by atoms with Crippen LogP contribution in [0.5, 0.6) is 0 Å². The number of fused-ring (bicyclic) bond motifs is 6. The molecular formula is C49H65N9O7S. The minimum atomic E-state index is -1.09. The van der Waals surface area contributed by atoms with E-state index in [1.807, 2.05) is 32.2 Å². The zero-order valence-electron chi connectivity index (χ0n) is 39.8. The molecule has 3 aromatic heterocycles. The Morgan fingerprint density at radius 3 is 2.59 bits per heavy atom. The van der Waals surface area contributed by atoms with Gasteiger partial charge in [-0.25, -0.2) is 15.2 Å². The van der Waals surface area contributed by atoms with Crippen LogP contribution in [0.2, 0.25) is 0 Å². The first-order valence-electron chi connectivity index (χ1n) is 23.0. The highest BCUT2D eigenvalue weighted by molar-refractivity contribution is 7.10. The summed E-state index contributed by atoms with van der Waals surface area (Å²) in [6, 6.07) is 7.05. The molecule has 6 heterocycles. The summed E-state index contributed by atoms with van der Waals surface area (Å²) in [4.78, 5) is 83.7. The van der Waals surface area contributed by atoms with E-state index in [0.717, 1.165) is 51.1 Å². The van der Waals surface area contributed by atoms with Crippen molar-refractivity contribution in [1.82, 2.24) is 45.0 Å². The first-order chi connectivity index (χ1) is 31.5. The molecule has 7 rings (SSSR count). The van der Waals surface area contributed by atoms with Crippen LogP contribution in [0.25, 0.3) is 33.4 Å². The summed E-state index contributed by atoms with van der Waals surface area (Å²) < 4.78 is 14.2. The number of rotatable bonds is 11. The fourth-order valence-corrected chi connectivity index (χ4v) is 10.4. The van der Waals surface area contributed by atoms with Crippen molar-refractivity contribution in [2.75, 3.05) is 47.4 Å². The van der Waals surface area contributed by atoms with Gasteiger partial charge >= 0.3 is 12.0 Å². The fourth-order valence-electron chi connectivity index (χ4n) is 9.51.